The lowest BCUT2D eigenvalue weighted by Gasteiger charge is -2.11. The number of hydrogen-bond acceptors (Lipinski definition) is 5. The fourth-order valence-electron chi connectivity index (χ4n) is 4.36. The zero-order valence-corrected chi connectivity index (χ0v) is 19.2. The maximum absolute atomic E-state index is 13.6. The fourth-order valence-corrected chi connectivity index (χ4v) is 6.21. The highest BCUT2D eigenvalue weighted by Crippen LogP contribution is 2.38. The molecule has 4 aromatic heterocycles. The number of nitrogens with zero attached hydrogens (tertiary/aromatic N) is 5. The molecular formula is C23H17Cl2N5OS. The Balaban J connectivity index is 1.65. The van der Waals surface area contributed by atoms with Crippen LogP contribution in [0.25, 0.3) is 27.3 Å². The van der Waals surface area contributed by atoms with Crippen molar-refractivity contribution >= 4 is 50.4 Å². The number of aryl methyl sites for hydroxylation is 2. The molecule has 4 heterocycles. The first-order chi connectivity index (χ1) is 15.6. The van der Waals surface area contributed by atoms with E-state index in [0.29, 0.717) is 28.1 Å². The Kier molecular flexibility index (Phi) is 4.78. The van der Waals surface area contributed by atoms with Gasteiger partial charge in [-0.2, -0.15) is 4.52 Å². The number of fused-ring (bicyclic) bond motifs is 5. The first-order valence-corrected chi connectivity index (χ1v) is 12.0. The lowest BCUT2D eigenvalue weighted by molar-refractivity contribution is 0.698. The normalized spacial score (nSPS) is 13.7. The summed E-state index contributed by atoms with van der Waals surface area (Å²) in [5.74, 6) is 0.517. The highest BCUT2D eigenvalue weighted by molar-refractivity contribution is 7.19. The summed E-state index contributed by atoms with van der Waals surface area (Å²) in [4.78, 5) is 24.8. The maximum Gasteiger partial charge on any atom is 0.352 e. The van der Waals surface area contributed by atoms with Crippen molar-refractivity contribution in [2.45, 2.75) is 32.2 Å². The molecule has 0 bridgehead atoms. The summed E-state index contributed by atoms with van der Waals surface area (Å²) in [7, 11) is 0. The highest BCUT2D eigenvalue weighted by Gasteiger charge is 2.25. The molecular weight excluding hydrogens is 465 g/mol. The van der Waals surface area contributed by atoms with Crippen LogP contribution < -0.4 is 5.69 Å². The summed E-state index contributed by atoms with van der Waals surface area (Å²) in [5.41, 5.74) is 3.35. The fraction of sp³-hybridized carbons (Fsp3) is 0.217. The van der Waals surface area contributed by atoms with Gasteiger partial charge in [-0.1, -0.05) is 29.3 Å². The first kappa shape index (κ1) is 19.9. The molecule has 0 amide bonds. The van der Waals surface area contributed by atoms with Crippen LogP contribution in [-0.2, 0) is 19.4 Å². The van der Waals surface area contributed by atoms with Crippen molar-refractivity contribution in [2.75, 3.05) is 0 Å². The number of benzene rings is 1. The van der Waals surface area contributed by atoms with E-state index in [4.69, 9.17) is 28.2 Å². The molecule has 0 fully saturated rings. The van der Waals surface area contributed by atoms with Gasteiger partial charge in [0.05, 0.1) is 11.9 Å². The second-order valence-corrected chi connectivity index (χ2v) is 9.83. The van der Waals surface area contributed by atoms with Gasteiger partial charge in [-0.25, -0.2) is 9.78 Å². The molecule has 1 aliphatic carbocycles. The standard InChI is InChI=1S/C23H17Cl2N5OS/c24-15-6-5-14(17(25)11-15)12-29-22-19(16-3-1-2-4-18(16)32-22)21-27-20(28-30(21)23(29)31)13-7-9-26-10-8-13/h5-11H,1-4,12H2. The smallest absolute Gasteiger partial charge is 0.278 e. The van der Waals surface area contributed by atoms with E-state index in [2.05, 4.69) is 10.1 Å². The minimum atomic E-state index is -0.232. The zero-order valence-electron chi connectivity index (χ0n) is 16.9. The predicted molar refractivity (Wildman–Crippen MR) is 128 cm³/mol. The summed E-state index contributed by atoms with van der Waals surface area (Å²) in [6.45, 7) is 0.338. The molecule has 6 nitrogen and oxygen atoms in total. The zero-order chi connectivity index (χ0) is 21.8. The van der Waals surface area contributed by atoms with Crippen LogP contribution in [0.5, 0.6) is 0 Å². The Morgan fingerprint density at radius 1 is 1.06 bits per heavy atom. The first-order valence-electron chi connectivity index (χ1n) is 10.4. The van der Waals surface area contributed by atoms with Crippen molar-refractivity contribution in [1.29, 1.82) is 0 Å². The Bertz CT molecular complexity index is 1550. The summed E-state index contributed by atoms with van der Waals surface area (Å²) in [6.07, 6.45) is 7.72. The van der Waals surface area contributed by atoms with Gasteiger partial charge >= 0.3 is 5.69 Å². The number of rotatable bonds is 3. The van der Waals surface area contributed by atoms with E-state index in [0.717, 1.165) is 47.0 Å². The van der Waals surface area contributed by atoms with Crippen molar-refractivity contribution in [3.8, 4) is 11.4 Å². The van der Waals surface area contributed by atoms with Crippen LogP contribution in [0.2, 0.25) is 10.0 Å². The van der Waals surface area contributed by atoms with Gasteiger partial charge in [0, 0.05) is 32.9 Å². The topological polar surface area (TPSA) is 65.1 Å². The molecule has 0 aliphatic heterocycles. The van der Waals surface area contributed by atoms with Crippen molar-refractivity contribution in [1.82, 2.24) is 24.1 Å². The van der Waals surface area contributed by atoms with Crippen LogP contribution in [0.3, 0.4) is 0 Å². The third-order valence-electron chi connectivity index (χ3n) is 5.92. The molecule has 0 saturated carbocycles. The average molecular weight is 482 g/mol. The number of thiophene rings is 1. The van der Waals surface area contributed by atoms with Gasteiger partial charge in [-0.3, -0.25) is 9.55 Å². The molecule has 1 aromatic carbocycles. The van der Waals surface area contributed by atoms with E-state index >= 15 is 0 Å². The molecule has 160 valence electrons. The van der Waals surface area contributed by atoms with Gasteiger partial charge < -0.3 is 0 Å². The molecule has 0 atom stereocenters. The van der Waals surface area contributed by atoms with Crippen molar-refractivity contribution in [2.24, 2.45) is 0 Å². The monoisotopic (exact) mass is 481 g/mol. The third-order valence-corrected chi connectivity index (χ3v) is 7.82. The number of halogens is 2. The molecule has 0 radical (unpaired) electrons. The van der Waals surface area contributed by atoms with E-state index in [1.54, 1.807) is 40.4 Å². The van der Waals surface area contributed by atoms with Gasteiger partial charge in [0.1, 0.15) is 4.83 Å². The van der Waals surface area contributed by atoms with E-state index in [1.165, 1.54) is 15.0 Å². The number of hydrogen-bond donors (Lipinski definition) is 0. The molecule has 0 unspecified atom stereocenters. The van der Waals surface area contributed by atoms with Crippen LogP contribution in [0.15, 0.2) is 47.5 Å². The van der Waals surface area contributed by atoms with E-state index in [-0.39, 0.29) is 5.69 Å². The second kappa shape index (κ2) is 7.69. The van der Waals surface area contributed by atoms with Gasteiger partial charge in [-0.05, 0) is 61.1 Å². The minimum Gasteiger partial charge on any atom is -0.278 e. The molecule has 9 heteroatoms. The van der Waals surface area contributed by atoms with E-state index in [1.807, 2.05) is 18.2 Å². The number of pyridine rings is 1. The molecule has 1 aliphatic rings. The van der Waals surface area contributed by atoms with Gasteiger partial charge in [0.25, 0.3) is 0 Å². The molecule has 0 N–H and O–H groups in total. The molecule has 0 saturated heterocycles. The van der Waals surface area contributed by atoms with Gasteiger partial charge in [0.2, 0.25) is 0 Å². The van der Waals surface area contributed by atoms with Crippen LogP contribution in [0.4, 0.5) is 0 Å². The third kappa shape index (κ3) is 3.15. The lowest BCUT2D eigenvalue weighted by atomic mass is 9.97. The highest BCUT2D eigenvalue weighted by atomic mass is 35.5. The Morgan fingerprint density at radius 3 is 2.69 bits per heavy atom. The second-order valence-electron chi connectivity index (χ2n) is 7.90. The SMILES string of the molecule is O=c1n(Cc2ccc(Cl)cc2Cl)c2sc3c(c2c2nc(-c4ccncc4)nn12)CCCC3. The molecule has 5 aromatic rings. The van der Waals surface area contributed by atoms with Crippen LogP contribution >= 0.6 is 34.5 Å². The van der Waals surface area contributed by atoms with Crippen molar-refractivity contribution < 1.29 is 0 Å². The van der Waals surface area contributed by atoms with E-state index in [9.17, 15) is 4.79 Å². The molecule has 0 spiro atoms. The Morgan fingerprint density at radius 2 is 1.88 bits per heavy atom. The van der Waals surface area contributed by atoms with Gasteiger partial charge in [0.15, 0.2) is 11.5 Å². The Hall–Kier alpha value is -2.74. The van der Waals surface area contributed by atoms with E-state index < -0.39 is 0 Å². The summed E-state index contributed by atoms with van der Waals surface area (Å²) >= 11 is 14.2. The molecule has 6 rings (SSSR count). The quantitative estimate of drug-likeness (QED) is 0.345. The number of aromatic nitrogens is 5. The van der Waals surface area contributed by atoms with Gasteiger partial charge in [-0.15, -0.1) is 16.4 Å². The van der Waals surface area contributed by atoms with Crippen LogP contribution in [0.1, 0.15) is 28.8 Å². The summed E-state index contributed by atoms with van der Waals surface area (Å²) in [5, 5.41) is 6.73. The summed E-state index contributed by atoms with van der Waals surface area (Å²) in [6, 6.07) is 9.06. The lowest BCUT2D eigenvalue weighted by Crippen LogP contribution is -2.28. The molecule has 32 heavy (non-hydrogen) atoms. The maximum atomic E-state index is 13.6. The average Bonchev–Trinajstić information content (AvgIpc) is 3.40. The minimum absolute atomic E-state index is 0.232. The van der Waals surface area contributed by atoms with Crippen LogP contribution in [0, 0.1) is 0 Å². The van der Waals surface area contributed by atoms with Crippen molar-refractivity contribution in [3.63, 3.8) is 0 Å². The summed E-state index contributed by atoms with van der Waals surface area (Å²) < 4.78 is 3.20. The predicted octanol–water partition coefficient (Wildman–Crippen LogP) is 5.40. The largest absolute Gasteiger partial charge is 0.352 e. The van der Waals surface area contributed by atoms with Crippen LogP contribution in [-0.4, -0.2) is 24.1 Å². The van der Waals surface area contributed by atoms with Crippen molar-refractivity contribution in [3.05, 3.63) is 79.3 Å². The Labute approximate surface area is 197 Å².